The van der Waals surface area contributed by atoms with Gasteiger partial charge in [-0.2, -0.15) is 0 Å². The number of rotatable bonds is 3. The fourth-order valence-electron chi connectivity index (χ4n) is 1.72. The van der Waals surface area contributed by atoms with E-state index in [-0.39, 0.29) is 16.6 Å². The average Bonchev–Trinajstić information content (AvgIpc) is 2.92. The highest BCUT2D eigenvalue weighted by Crippen LogP contribution is 2.33. The quantitative estimate of drug-likeness (QED) is 0.850. The van der Waals surface area contributed by atoms with Gasteiger partial charge in [0.1, 0.15) is 10.4 Å². The van der Waals surface area contributed by atoms with Crippen LogP contribution in [0.15, 0.2) is 21.2 Å². The Kier molecular flexibility index (Phi) is 3.35. The average molecular weight is 300 g/mol. The van der Waals surface area contributed by atoms with Crippen molar-refractivity contribution < 1.29 is 19.2 Å². The second-order valence-electron chi connectivity index (χ2n) is 5.08. The van der Waals surface area contributed by atoms with Gasteiger partial charge in [0.05, 0.1) is 0 Å². The molecule has 0 saturated carbocycles. The van der Waals surface area contributed by atoms with Gasteiger partial charge in [0.15, 0.2) is 17.8 Å². The van der Waals surface area contributed by atoms with Crippen LogP contribution in [0, 0.1) is 0 Å². The molecule has 0 aliphatic carbocycles. The van der Waals surface area contributed by atoms with Crippen molar-refractivity contribution in [3.05, 3.63) is 22.4 Å². The zero-order chi connectivity index (χ0) is 15.2. The first-order valence-electron chi connectivity index (χ1n) is 5.83. The highest BCUT2D eigenvalue weighted by atomic mass is 35.5. The Balaban J connectivity index is 2.37. The van der Waals surface area contributed by atoms with Crippen LogP contribution < -0.4 is 10.6 Å². The van der Waals surface area contributed by atoms with Gasteiger partial charge in [-0.3, -0.25) is 14.5 Å². The molecule has 7 nitrogen and oxygen atoms in total. The molecule has 108 valence electrons. The summed E-state index contributed by atoms with van der Waals surface area (Å²) in [7, 11) is 0. The molecule has 0 radical (unpaired) electrons. The van der Waals surface area contributed by atoms with E-state index in [1.807, 2.05) is 0 Å². The van der Waals surface area contributed by atoms with Gasteiger partial charge in [-0.15, -0.1) is 0 Å². The zero-order valence-electron chi connectivity index (χ0n) is 11.2. The highest BCUT2D eigenvalue weighted by Gasteiger charge is 2.39. The number of aliphatic hydroxyl groups excluding tert-OH is 1. The molecule has 2 amide bonds. The lowest BCUT2D eigenvalue weighted by Crippen LogP contribution is -2.36. The molecule has 0 spiro atoms. The number of carbonyl (C=O) groups excluding carboxylic acids is 2. The van der Waals surface area contributed by atoms with Gasteiger partial charge in [0.25, 0.3) is 5.91 Å². The number of amides is 2. The predicted molar refractivity (Wildman–Crippen MR) is 70.8 cm³/mol. The maximum atomic E-state index is 11.9. The molecule has 0 aromatic carbocycles. The zero-order valence-corrected chi connectivity index (χ0v) is 11.9. The standard InChI is InChI=1S/C12H14ClN3O4/c1-5-8(13)10(18)16(9(5)17)7-4-6(20-15-7)12(2,3)11(14)19/h4,9,17H,1-3H3,(H2,14,19). The third kappa shape index (κ3) is 1.99. The summed E-state index contributed by atoms with van der Waals surface area (Å²) < 4.78 is 5.05. The number of carbonyl (C=O) groups is 2. The molecule has 1 atom stereocenters. The van der Waals surface area contributed by atoms with E-state index in [1.165, 1.54) is 6.07 Å². The lowest BCUT2D eigenvalue weighted by molar-refractivity contribution is -0.123. The van der Waals surface area contributed by atoms with Crippen LogP contribution in [-0.2, 0) is 15.0 Å². The number of nitrogens with two attached hydrogens (primary N) is 1. The van der Waals surface area contributed by atoms with E-state index in [0.29, 0.717) is 5.57 Å². The molecule has 0 fully saturated rings. The third-order valence-electron chi connectivity index (χ3n) is 3.36. The van der Waals surface area contributed by atoms with E-state index < -0.39 is 23.5 Å². The Labute approximate surface area is 120 Å². The van der Waals surface area contributed by atoms with Gasteiger partial charge >= 0.3 is 0 Å². The number of primary amides is 1. The number of nitrogens with zero attached hydrogens (tertiary/aromatic N) is 2. The molecular weight excluding hydrogens is 286 g/mol. The first-order valence-corrected chi connectivity index (χ1v) is 6.20. The second kappa shape index (κ2) is 4.60. The monoisotopic (exact) mass is 299 g/mol. The minimum Gasteiger partial charge on any atom is -0.369 e. The Hall–Kier alpha value is -1.86. The van der Waals surface area contributed by atoms with Gasteiger partial charge in [0, 0.05) is 11.6 Å². The van der Waals surface area contributed by atoms with Crippen LogP contribution in [0.1, 0.15) is 26.5 Å². The number of aliphatic hydroxyl groups is 1. The fraction of sp³-hybridized carbons (Fsp3) is 0.417. The van der Waals surface area contributed by atoms with Gasteiger partial charge in [-0.05, 0) is 20.8 Å². The van der Waals surface area contributed by atoms with E-state index in [2.05, 4.69) is 5.16 Å². The Bertz CT molecular complexity index is 620. The summed E-state index contributed by atoms with van der Waals surface area (Å²) in [6.45, 7) is 4.68. The van der Waals surface area contributed by atoms with Crippen molar-refractivity contribution in [2.45, 2.75) is 32.4 Å². The highest BCUT2D eigenvalue weighted by molar-refractivity contribution is 6.45. The SMILES string of the molecule is CC1=C(Cl)C(=O)N(c2cc(C(C)(C)C(N)=O)on2)C1O. The second-order valence-corrected chi connectivity index (χ2v) is 5.46. The Morgan fingerprint density at radius 2 is 2.20 bits per heavy atom. The summed E-state index contributed by atoms with van der Waals surface area (Å²) in [5, 5.41) is 13.6. The summed E-state index contributed by atoms with van der Waals surface area (Å²) >= 11 is 5.80. The number of aromatic nitrogens is 1. The summed E-state index contributed by atoms with van der Waals surface area (Å²) in [6, 6.07) is 1.38. The maximum absolute atomic E-state index is 11.9. The van der Waals surface area contributed by atoms with Gasteiger partial charge in [-0.1, -0.05) is 16.8 Å². The molecule has 8 heteroatoms. The summed E-state index contributed by atoms with van der Waals surface area (Å²) in [5.41, 5.74) is 4.53. The van der Waals surface area contributed by atoms with Crippen LogP contribution in [0.3, 0.4) is 0 Å². The third-order valence-corrected chi connectivity index (χ3v) is 3.82. The lowest BCUT2D eigenvalue weighted by atomic mass is 9.89. The minimum atomic E-state index is -1.20. The van der Waals surface area contributed by atoms with Crippen molar-refractivity contribution in [2.75, 3.05) is 4.90 Å². The molecule has 2 heterocycles. The number of halogens is 1. The molecule has 1 aromatic rings. The molecule has 0 bridgehead atoms. The van der Waals surface area contributed by atoms with Crippen molar-refractivity contribution in [1.29, 1.82) is 0 Å². The van der Waals surface area contributed by atoms with Gasteiger partial charge in [-0.25, -0.2) is 0 Å². The van der Waals surface area contributed by atoms with E-state index >= 15 is 0 Å². The molecule has 1 unspecified atom stereocenters. The summed E-state index contributed by atoms with van der Waals surface area (Å²) in [6.07, 6.45) is -1.20. The smallest absolute Gasteiger partial charge is 0.273 e. The van der Waals surface area contributed by atoms with Crippen LogP contribution in [0.4, 0.5) is 5.82 Å². The first-order chi connectivity index (χ1) is 9.17. The first kappa shape index (κ1) is 14.5. The van der Waals surface area contributed by atoms with E-state index in [9.17, 15) is 14.7 Å². The van der Waals surface area contributed by atoms with Crippen LogP contribution >= 0.6 is 11.6 Å². The summed E-state index contributed by atoms with van der Waals surface area (Å²) in [4.78, 5) is 24.3. The number of anilines is 1. The molecule has 1 aliphatic rings. The summed E-state index contributed by atoms with van der Waals surface area (Å²) in [5.74, 6) is -0.906. The van der Waals surface area contributed by atoms with Crippen LogP contribution in [0.2, 0.25) is 0 Å². The molecule has 0 saturated heterocycles. The van der Waals surface area contributed by atoms with E-state index in [1.54, 1.807) is 20.8 Å². The molecule has 1 aromatic heterocycles. The van der Waals surface area contributed by atoms with E-state index in [0.717, 1.165) is 4.90 Å². The molecule has 3 N–H and O–H groups in total. The van der Waals surface area contributed by atoms with Crippen molar-refractivity contribution in [3.8, 4) is 0 Å². The van der Waals surface area contributed by atoms with Crippen molar-refractivity contribution >= 4 is 29.2 Å². The van der Waals surface area contributed by atoms with Crippen molar-refractivity contribution in [1.82, 2.24) is 5.16 Å². The minimum absolute atomic E-state index is 0.0591. The predicted octanol–water partition coefficient (Wildman–Crippen LogP) is 0.615. The van der Waals surface area contributed by atoms with Crippen LogP contribution in [-0.4, -0.2) is 28.3 Å². The normalized spacial score (nSPS) is 19.9. The molecule has 1 aliphatic heterocycles. The molecular formula is C12H14ClN3O4. The number of hydrogen-bond donors (Lipinski definition) is 2. The fourth-order valence-corrected chi connectivity index (χ4v) is 1.91. The molecule has 2 rings (SSSR count). The number of hydrogen-bond acceptors (Lipinski definition) is 5. The Morgan fingerprint density at radius 3 is 2.65 bits per heavy atom. The largest absolute Gasteiger partial charge is 0.369 e. The topological polar surface area (TPSA) is 110 Å². The van der Waals surface area contributed by atoms with Crippen LogP contribution in [0.5, 0.6) is 0 Å². The van der Waals surface area contributed by atoms with Crippen molar-refractivity contribution in [3.63, 3.8) is 0 Å². The molecule has 20 heavy (non-hydrogen) atoms. The Morgan fingerprint density at radius 1 is 1.60 bits per heavy atom. The lowest BCUT2D eigenvalue weighted by Gasteiger charge is -2.18. The van der Waals surface area contributed by atoms with Gasteiger partial charge < -0.3 is 15.4 Å². The van der Waals surface area contributed by atoms with Crippen LogP contribution in [0.25, 0.3) is 0 Å². The van der Waals surface area contributed by atoms with Gasteiger partial charge in [0.2, 0.25) is 5.91 Å². The van der Waals surface area contributed by atoms with E-state index in [4.69, 9.17) is 21.9 Å². The maximum Gasteiger partial charge on any atom is 0.273 e. The van der Waals surface area contributed by atoms with Crippen molar-refractivity contribution in [2.24, 2.45) is 5.73 Å².